The molecule has 5 heteroatoms. The summed E-state index contributed by atoms with van der Waals surface area (Å²) in [4.78, 5) is 13.7. The second kappa shape index (κ2) is 4.27. The Balaban J connectivity index is 3.80. The van der Waals surface area contributed by atoms with E-state index in [0.29, 0.717) is 0 Å². The van der Waals surface area contributed by atoms with E-state index in [1.54, 1.807) is 0 Å². The van der Waals surface area contributed by atoms with E-state index in [4.69, 9.17) is 10.4 Å². The Morgan fingerprint density at radius 3 is 2.55 bits per heavy atom. The molecule has 0 saturated carbocycles. The van der Waals surface area contributed by atoms with E-state index in [1.807, 2.05) is 0 Å². The van der Waals surface area contributed by atoms with Crippen LogP contribution in [0.2, 0.25) is 0 Å². The molecule has 0 radical (unpaired) electrons. The normalized spacial score (nSPS) is 15.6. The molecule has 0 aromatic carbocycles. The van der Waals surface area contributed by atoms with E-state index >= 15 is 0 Å². The quantitative estimate of drug-likeness (QED) is 0.386. The van der Waals surface area contributed by atoms with Crippen molar-refractivity contribution in [1.29, 1.82) is 0 Å². The van der Waals surface area contributed by atoms with Crippen molar-refractivity contribution < 1.29 is 25.2 Å². The second-order valence-electron chi connectivity index (χ2n) is 2.61. The van der Waals surface area contributed by atoms with E-state index in [2.05, 4.69) is 4.89 Å². The minimum atomic E-state index is -1.31. The van der Waals surface area contributed by atoms with Crippen LogP contribution in [0.15, 0.2) is 0 Å². The average molecular weight is 164 g/mol. The Kier molecular flexibility index (Phi) is 4.02. The summed E-state index contributed by atoms with van der Waals surface area (Å²) in [6.45, 7) is 1.16. The van der Waals surface area contributed by atoms with Crippen molar-refractivity contribution in [2.45, 2.75) is 25.4 Å². The maximum Gasteiger partial charge on any atom is 0.344 e. The number of aliphatic hydroxyl groups excluding tert-OH is 1. The zero-order valence-corrected chi connectivity index (χ0v) is 6.28. The Bertz CT molecular complexity index is 131. The van der Waals surface area contributed by atoms with Gasteiger partial charge in [-0.15, -0.1) is 0 Å². The molecule has 0 fully saturated rings. The first kappa shape index (κ1) is 10.3. The summed E-state index contributed by atoms with van der Waals surface area (Å²) in [5.74, 6) is -0.913. The lowest BCUT2D eigenvalue weighted by Gasteiger charge is -2.19. The molecule has 0 bridgehead atoms. The number of aliphatic hydroxyl groups is 2. The zero-order chi connectivity index (χ0) is 8.91. The molecule has 66 valence electrons. The average Bonchev–Trinajstić information content (AvgIpc) is 1.86. The lowest BCUT2D eigenvalue weighted by Crippen LogP contribution is -2.29. The highest BCUT2D eigenvalue weighted by molar-refractivity contribution is 5.69. The Morgan fingerprint density at radius 2 is 2.18 bits per heavy atom. The summed E-state index contributed by atoms with van der Waals surface area (Å²) in [6, 6.07) is 0. The molecular formula is C6H12O5. The van der Waals surface area contributed by atoms with Gasteiger partial charge in [0, 0.05) is 6.61 Å². The molecule has 0 aromatic heterocycles. The van der Waals surface area contributed by atoms with Crippen LogP contribution < -0.4 is 0 Å². The van der Waals surface area contributed by atoms with Crippen molar-refractivity contribution in [3.05, 3.63) is 0 Å². The van der Waals surface area contributed by atoms with Gasteiger partial charge in [-0.1, -0.05) is 0 Å². The molecule has 0 aliphatic rings. The molecule has 5 nitrogen and oxygen atoms in total. The largest absolute Gasteiger partial charge is 0.396 e. The number of carbonyl (C=O) groups excluding carboxylic acids is 1. The van der Waals surface area contributed by atoms with Gasteiger partial charge in [-0.3, -0.25) is 0 Å². The topological polar surface area (TPSA) is 87.0 Å². The van der Waals surface area contributed by atoms with Crippen LogP contribution in [0.1, 0.15) is 19.8 Å². The molecule has 0 aliphatic heterocycles. The fraction of sp³-hybridized carbons (Fsp3) is 0.833. The maximum absolute atomic E-state index is 10.4. The van der Waals surface area contributed by atoms with Crippen LogP contribution in [-0.4, -0.2) is 33.6 Å². The monoisotopic (exact) mass is 164 g/mol. The summed E-state index contributed by atoms with van der Waals surface area (Å²) in [7, 11) is 0. The van der Waals surface area contributed by atoms with E-state index < -0.39 is 11.6 Å². The van der Waals surface area contributed by atoms with Crippen molar-refractivity contribution >= 4 is 5.97 Å². The molecule has 0 aromatic rings. The van der Waals surface area contributed by atoms with Crippen LogP contribution in [0.4, 0.5) is 0 Å². The first-order chi connectivity index (χ1) is 5.02. The SMILES string of the molecule is C[C@@](O)(CCO)CC(=O)OO. The molecule has 3 N–H and O–H groups in total. The van der Waals surface area contributed by atoms with Gasteiger partial charge in [0.05, 0.1) is 12.0 Å². The van der Waals surface area contributed by atoms with Gasteiger partial charge < -0.3 is 15.1 Å². The van der Waals surface area contributed by atoms with Gasteiger partial charge >= 0.3 is 5.97 Å². The molecule has 0 unspecified atom stereocenters. The summed E-state index contributed by atoms with van der Waals surface area (Å²) in [6.07, 6.45) is -0.258. The summed E-state index contributed by atoms with van der Waals surface area (Å²) in [5.41, 5.74) is -1.31. The van der Waals surface area contributed by atoms with E-state index in [0.717, 1.165) is 0 Å². The number of rotatable bonds is 4. The Labute approximate surface area is 64.2 Å². The van der Waals surface area contributed by atoms with E-state index in [1.165, 1.54) is 6.92 Å². The van der Waals surface area contributed by atoms with Crippen molar-refractivity contribution in [3.63, 3.8) is 0 Å². The fourth-order valence-electron chi connectivity index (χ4n) is 0.672. The van der Waals surface area contributed by atoms with Crippen LogP contribution >= 0.6 is 0 Å². The van der Waals surface area contributed by atoms with Crippen molar-refractivity contribution in [3.8, 4) is 0 Å². The summed E-state index contributed by atoms with van der Waals surface area (Å²) < 4.78 is 0. The Hall–Kier alpha value is -0.650. The van der Waals surface area contributed by atoms with Crippen LogP contribution in [0.3, 0.4) is 0 Å². The molecule has 11 heavy (non-hydrogen) atoms. The third kappa shape index (κ3) is 4.72. The standard InChI is InChI=1S/C6H12O5/c1-6(9,2-3-7)4-5(8)11-10/h7,9-10H,2-4H2,1H3/t6-/m1/s1. The number of hydrogen-bond donors (Lipinski definition) is 3. The highest BCUT2D eigenvalue weighted by Crippen LogP contribution is 2.13. The first-order valence-electron chi connectivity index (χ1n) is 3.19. The minimum absolute atomic E-state index is 0.0715. The third-order valence-electron chi connectivity index (χ3n) is 1.28. The fourth-order valence-corrected chi connectivity index (χ4v) is 0.672. The van der Waals surface area contributed by atoms with Crippen LogP contribution in [0.5, 0.6) is 0 Å². The zero-order valence-electron chi connectivity index (χ0n) is 6.28. The van der Waals surface area contributed by atoms with E-state index in [-0.39, 0.29) is 19.4 Å². The molecule has 0 amide bonds. The lowest BCUT2D eigenvalue weighted by atomic mass is 9.99. The molecule has 0 rings (SSSR count). The van der Waals surface area contributed by atoms with Crippen molar-refractivity contribution in [2.24, 2.45) is 0 Å². The van der Waals surface area contributed by atoms with Gasteiger partial charge in [0.2, 0.25) is 0 Å². The van der Waals surface area contributed by atoms with Crippen LogP contribution in [-0.2, 0) is 9.68 Å². The second-order valence-corrected chi connectivity index (χ2v) is 2.61. The van der Waals surface area contributed by atoms with E-state index in [9.17, 15) is 9.90 Å². The number of carbonyl (C=O) groups is 1. The summed E-state index contributed by atoms with van der Waals surface area (Å²) in [5, 5.41) is 25.5. The molecule has 0 heterocycles. The highest BCUT2D eigenvalue weighted by atomic mass is 17.1. The third-order valence-corrected chi connectivity index (χ3v) is 1.28. The van der Waals surface area contributed by atoms with Crippen LogP contribution in [0, 0.1) is 0 Å². The molecule has 0 saturated heterocycles. The highest BCUT2D eigenvalue weighted by Gasteiger charge is 2.24. The summed E-state index contributed by atoms with van der Waals surface area (Å²) >= 11 is 0. The predicted octanol–water partition coefficient (Wildman–Crippen LogP) is -0.474. The molecule has 0 aliphatic carbocycles. The van der Waals surface area contributed by atoms with Gasteiger partial charge in [0.1, 0.15) is 0 Å². The molecular weight excluding hydrogens is 152 g/mol. The predicted molar refractivity (Wildman–Crippen MR) is 35.7 cm³/mol. The number of hydrogen-bond acceptors (Lipinski definition) is 5. The van der Waals surface area contributed by atoms with Crippen LogP contribution in [0.25, 0.3) is 0 Å². The lowest BCUT2D eigenvalue weighted by molar-refractivity contribution is -0.238. The Morgan fingerprint density at radius 1 is 1.64 bits per heavy atom. The van der Waals surface area contributed by atoms with Crippen molar-refractivity contribution in [1.82, 2.24) is 0 Å². The molecule has 1 atom stereocenters. The van der Waals surface area contributed by atoms with Gasteiger partial charge in [0.15, 0.2) is 0 Å². The van der Waals surface area contributed by atoms with Gasteiger partial charge in [-0.2, -0.15) is 5.26 Å². The first-order valence-corrected chi connectivity index (χ1v) is 3.19. The molecule has 0 spiro atoms. The smallest absolute Gasteiger partial charge is 0.344 e. The maximum atomic E-state index is 10.4. The van der Waals surface area contributed by atoms with Gasteiger partial charge in [0.25, 0.3) is 0 Å². The van der Waals surface area contributed by atoms with Gasteiger partial charge in [-0.25, -0.2) is 4.79 Å². The van der Waals surface area contributed by atoms with Crippen molar-refractivity contribution in [2.75, 3.05) is 6.61 Å². The van der Waals surface area contributed by atoms with Gasteiger partial charge in [-0.05, 0) is 13.3 Å². The minimum Gasteiger partial charge on any atom is -0.396 e.